The van der Waals surface area contributed by atoms with Crippen molar-refractivity contribution in [2.24, 2.45) is 4.99 Å². The molecule has 2 aliphatic rings. The number of nitrogens with one attached hydrogen (secondary N) is 1. The number of hydrogen-bond acceptors (Lipinski definition) is 4. The number of nitrogens with zero attached hydrogens (tertiary/aromatic N) is 4. The fraction of sp³-hybridized carbons (Fsp3) is 0.619. The summed E-state index contributed by atoms with van der Waals surface area (Å²) in [6, 6.07) is 8.56. The monoisotopic (exact) mass is 387 g/mol. The molecule has 1 atom stereocenters. The molecule has 2 aliphatic heterocycles. The second-order valence-electron chi connectivity index (χ2n) is 7.76. The number of likely N-dealkylation sites (tertiary alicyclic amines) is 2. The Kier molecular flexibility index (Phi) is 7.14. The van der Waals surface area contributed by atoms with Crippen LogP contribution in [0.1, 0.15) is 24.8 Å². The maximum atomic E-state index is 12.0. The highest BCUT2D eigenvalue weighted by atomic mass is 16.5. The zero-order valence-electron chi connectivity index (χ0n) is 17.4. The Bertz CT molecular complexity index is 668. The van der Waals surface area contributed by atoms with Crippen molar-refractivity contribution in [2.75, 3.05) is 53.9 Å². The number of ether oxygens (including phenoxy) is 1. The van der Waals surface area contributed by atoms with Gasteiger partial charge in [-0.2, -0.15) is 0 Å². The molecule has 28 heavy (non-hydrogen) atoms. The average Bonchev–Trinajstić information content (AvgIpc) is 3.40. The molecule has 3 rings (SSSR count). The van der Waals surface area contributed by atoms with E-state index in [0.717, 1.165) is 36.8 Å². The zero-order valence-corrected chi connectivity index (χ0v) is 17.4. The first-order valence-corrected chi connectivity index (χ1v) is 10.2. The van der Waals surface area contributed by atoms with Crippen LogP contribution < -0.4 is 10.1 Å². The van der Waals surface area contributed by atoms with Crippen molar-refractivity contribution in [3.05, 3.63) is 29.8 Å². The van der Waals surface area contributed by atoms with Gasteiger partial charge in [0, 0.05) is 33.2 Å². The molecule has 0 radical (unpaired) electrons. The zero-order chi connectivity index (χ0) is 19.9. The fourth-order valence-corrected chi connectivity index (χ4v) is 3.82. The highest BCUT2D eigenvalue weighted by molar-refractivity contribution is 5.86. The van der Waals surface area contributed by atoms with Gasteiger partial charge in [-0.3, -0.25) is 9.69 Å². The average molecular weight is 388 g/mol. The minimum Gasteiger partial charge on any atom is -0.497 e. The Hall–Kier alpha value is -2.28. The molecule has 7 nitrogen and oxygen atoms in total. The molecule has 0 bridgehead atoms. The summed E-state index contributed by atoms with van der Waals surface area (Å²) in [6.07, 6.45) is 3.78. The number of hydrogen-bond donors (Lipinski definition) is 1. The van der Waals surface area contributed by atoms with Gasteiger partial charge in [0.25, 0.3) is 0 Å². The first-order chi connectivity index (χ1) is 13.6. The molecule has 1 aromatic rings. The molecule has 154 valence electrons. The number of carbonyl (C=O) groups is 1. The molecular weight excluding hydrogens is 354 g/mol. The largest absolute Gasteiger partial charge is 0.497 e. The molecule has 7 heteroatoms. The molecule has 2 fully saturated rings. The number of likely N-dealkylation sites (N-methyl/N-ethyl adjacent to an activating group) is 1. The van der Waals surface area contributed by atoms with E-state index < -0.39 is 0 Å². The van der Waals surface area contributed by atoms with Crippen LogP contribution in [0.4, 0.5) is 0 Å². The molecule has 0 aromatic heterocycles. The third kappa shape index (κ3) is 5.38. The first kappa shape index (κ1) is 20.5. The highest BCUT2D eigenvalue weighted by Gasteiger charge is 2.30. The van der Waals surface area contributed by atoms with Gasteiger partial charge in [0.15, 0.2) is 5.96 Å². The molecule has 0 spiro atoms. The van der Waals surface area contributed by atoms with E-state index in [0.29, 0.717) is 12.6 Å². The quantitative estimate of drug-likeness (QED) is 0.591. The normalized spacial score (nSPS) is 20.5. The van der Waals surface area contributed by atoms with E-state index in [1.54, 1.807) is 26.1 Å². The number of amides is 1. The number of aliphatic imine (C=N–C) groups is 1. The van der Waals surface area contributed by atoms with Gasteiger partial charge in [0.2, 0.25) is 5.91 Å². The minimum atomic E-state index is 0.0486. The molecule has 1 aromatic carbocycles. The van der Waals surface area contributed by atoms with Gasteiger partial charge in [-0.15, -0.1) is 0 Å². The van der Waals surface area contributed by atoms with Crippen molar-refractivity contribution in [3.8, 4) is 5.75 Å². The van der Waals surface area contributed by atoms with E-state index in [2.05, 4.69) is 15.1 Å². The lowest BCUT2D eigenvalue weighted by Gasteiger charge is -2.26. The van der Waals surface area contributed by atoms with Crippen LogP contribution in [-0.2, 0) is 11.3 Å². The number of rotatable bonds is 6. The van der Waals surface area contributed by atoms with E-state index in [1.165, 1.54) is 25.9 Å². The van der Waals surface area contributed by atoms with Crippen LogP contribution in [0.2, 0.25) is 0 Å². The Balaban J connectivity index is 1.65. The van der Waals surface area contributed by atoms with Crippen molar-refractivity contribution in [3.63, 3.8) is 0 Å². The van der Waals surface area contributed by atoms with E-state index >= 15 is 0 Å². The van der Waals surface area contributed by atoms with Crippen LogP contribution in [0, 0.1) is 0 Å². The fourth-order valence-electron chi connectivity index (χ4n) is 3.82. The SMILES string of the molecule is COc1ccc(CN=C(NCC(=O)N(C)C)N2CCC(N3CCCC3)C2)cc1. The molecular formula is C21H33N5O2. The van der Waals surface area contributed by atoms with Gasteiger partial charge in [-0.25, -0.2) is 4.99 Å². The van der Waals surface area contributed by atoms with E-state index in [9.17, 15) is 4.79 Å². The summed E-state index contributed by atoms with van der Waals surface area (Å²) < 4.78 is 5.22. The lowest BCUT2D eigenvalue weighted by atomic mass is 10.2. The van der Waals surface area contributed by atoms with Crippen LogP contribution in [0.25, 0.3) is 0 Å². The Morgan fingerprint density at radius 1 is 1.21 bits per heavy atom. The maximum absolute atomic E-state index is 12.0. The standard InChI is InChI=1S/C21H33N5O2/c1-24(2)20(27)15-23-21(22-14-17-6-8-19(28-3)9-7-17)26-13-10-18(16-26)25-11-4-5-12-25/h6-9,18H,4-5,10-16H2,1-3H3,(H,22,23). The molecule has 0 aliphatic carbocycles. The molecule has 1 unspecified atom stereocenters. The first-order valence-electron chi connectivity index (χ1n) is 10.2. The lowest BCUT2D eigenvalue weighted by molar-refractivity contribution is -0.127. The van der Waals surface area contributed by atoms with Crippen LogP contribution >= 0.6 is 0 Å². The van der Waals surface area contributed by atoms with Gasteiger partial charge in [0.1, 0.15) is 5.75 Å². The Morgan fingerprint density at radius 3 is 2.57 bits per heavy atom. The van der Waals surface area contributed by atoms with E-state index in [-0.39, 0.29) is 12.5 Å². The summed E-state index contributed by atoms with van der Waals surface area (Å²) in [5.41, 5.74) is 1.12. The van der Waals surface area contributed by atoms with Crippen LogP contribution in [0.3, 0.4) is 0 Å². The summed E-state index contributed by atoms with van der Waals surface area (Å²) >= 11 is 0. The van der Waals surface area contributed by atoms with E-state index in [1.807, 2.05) is 24.3 Å². The van der Waals surface area contributed by atoms with Crippen LogP contribution in [0.5, 0.6) is 5.75 Å². The second kappa shape index (κ2) is 9.78. The maximum Gasteiger partial charge on any atom is 0.241 e. The van der Waals surface area contributed by atoms with Crippen molar-refractivity contribution in [2.45, 2.75) is 31.8 Å². The number of methoxy groups -OCH3 is 1. The van der Waals surface area contributed by atoms with Crippen LogP contribution in [-0.4, -0.2) is 86.5 Å². The third-order valence-electron chi connectivity index (χ3n) is 5.59. The second-order valence-corrected chi connectivity index (χ2v) is 7.76. The van der Waals surface area contributed by atoms with Crippen molar-refractivity contribution >= 4 is 11.9 Å². The number of carbonyl (C=O) groups excluding carboxylic acids is 1. The van der Waals surface area contributed by atoms with Gasteiger partial charge in [-0.1, -0.05) is 12.1 Å². The Morgan fingerprint density at radius 2 is 1.93 bits per heavy atom. The summed E-state index contributed by atoms with van der Waals surface area (Å²) in [6.45, 7) is 5.22. The minimum absolute atomic E-state index is 0.0486. The van der Waals surface area contributed by atoms with E-state index in [4.69, 9.17) is 9.73 Å². The van der Waals surface area contributed by atoms with Gasteiger partial charge < -0.3 is 19.9 Å². The summed E-state index contributed by atoms with van der Waals surface area (Å²) in [4.78, 5) is 23.4. The third-order valence-corrected chi connectivity index (χ3v) is 5.59. The lowest BCUT2D eigenvalue weighted by Crippen LogP contribution is -2.45. The summed E-state index contributed by atoms with van der Waals surface area (Å²) in [5.74, 6) is 1.72. The highest BCUT2D eigenvalue weighted by Crippen LogP contribution is 2.20. The molecule has 1 N–H and O–H groups in total. The number of guanidine groups is 1. The van der Waals surface area contributed by atoms with Crippen molar-refractivity contribution < 1.29 is 9.53 Å². The summed E-state index contributed by atoms with van der Waals surface area (Å²) in [5, 5.41) is 3.29. The van der Waals surface area contributed by atoms with Gasteiger partial charge >= 0.3 is 0 Å². The van der Waals surface area contributed by atoms with Crippen molar-refractivity contribution in [1.82, 2.24) is 20.0 Å². The predicted molar refractivity (Wildman–Crippen MR) is 112 cm³/mol. The molecule has 2 heterocycles. The molecule has 2 saturated heterocycles. The van der Waals surface area contributed by atoms with Crippen LogP contribution in [0.15, 0.2) is 29.3 Å². The summed E-state index contributed by atoms with van der Waals surface area (Å²) in [7, 11) is 5.22. The molecule has 1 amide bonds. The van der Waals surface area contributed by atoms with Gasteiger partial charge in [0.05, 0.1) is 20.2 Å². The smallest absolute Gasteiger partial charge is 0.241 e. The topological polar surface area (TPSA) is 60.4 Å². The van der Waals surface area contributed by atoms with Crippen molar-refractivity contribution in [1.29, 1.82) is 0 Å². The number of benzene rings is 1. The van der Waals surface area contributed by atoms with Gasteiger partial charge in [-0.05, 0) is 50.0 Å². The predicted octanol–water partition coefficient (Wildman–Crippen LogP) is 1.40. The Labute approximate surface area is 168 Å². The molecule has 0 saturated carbocycles.